The summed E-state index contributed by atoms with van der Waals surface area (Å²) in [6, 6.07) is 7.22. The Kier molecular flexibility index (Phi) is 4.31. The maximum Gasteiger partial charge on any atom is 0.258 e. The molecule has 5 nitrogen and oxygen atoms in total. The van der Waals surface area contributed by atoms with Crippen LogP contribution < -0.4 is 10.9 Å². The Balaban J connectivity index is 1.61. The zero-order valence-corrected chi connectivity index (χ0v) is 12.5. The van der Waals surface area contributed by atoms with Crippen LogP contribution in [0, 0.1) is 5.92 Å². The number of piperidine rings is 1. The first-order valence-corrected chi connectivity index (χ1v) is 7.59. The Morgan fingerprint density at radius 3 is 3.19 bits per heavy atom. The molecule has 1 unspecified atom stereocenters. The molecule has 1 N–H and O–H groups in total. The molecule has 21 heavy (non-hydrogen) atoms. The Hall–Kier alpha value is -1.72. The minimum absolute atomic E-state index is 0.0187. The second-order valence-corrected chi connectivity index (χ2v) is 5.92. The standard InChI is InChI=1S/C16H22N4O/c1-19-7-4-5-13(12-19)10-17-11-14-9-16(21)20-8-3-2-6-15(20)18-14/h2-3,6,8-9,13,17H,4-5,7,10-12H2,1H3. The fourth-order valence-corrected chi connectivity index (χ4v) is 3.04. The Morgan fingerprint density at radius 1 is 1.43 bits per heavy atom. The van der Waals surface area contributed by atoms with E-state index in [2.05, 4.69) is 22.2 Å². The highest BCUT2D eigenvalue weighted by Crippen LogP contribution is 2.13. The lowest BCUT2D eigenvalue weighted by molar-refractivity contribution is 0.206. The van der Waals surface area contributed by atoms with Crippen molar-refractivity contribution in [1.29, 1.82) is 0 Å². The van der Waals surface area contributed by atoms with Crippen molar-refractivity contribution in [3.63, 3.8) is 0 Å². The number of hydrogen-bond acceptors (Lipinski definition) is 4. The predicted molar refractivity (Wildman–Crippen MR) is 83.4 cm³/mol. The van der Waals surface area contributed by atoms with E-state index in [1.165, 1.54) is 19.4 Å². The van der Waals surface area contributed by atoms with Crippen molar-refractivity contribution >= 4 is 5.65 Å². The van der Waals surface area contributed by atoms with E-state index in [0.717, 1.165) is 18.8 Å². The summed E-state index contributed by atoms with van der Waals surface area (Å²) in [5.74, 6) is 0.699. The van der Waals surface area contributed by atoms with E-state index < -0.39 is 0 Å². The highest BCUT2D eigenvalue weighted by Gasteiger charge is 2.16. The molecule has 1 aliphatic rings. The fourth-order valence-electron chi connectivity index (χ4n) is 3.04. The van der Waals surface area contributed by atoms with Crippen LogP contribution in [0.25, 0.3) is 5.65 Å². The van der Waals surface area contributed by atoms with Crippen molar-refractivity contribution in [3.05, 3.63) is 46.5 Å². The van der Waals surface area contributed by atoms with E-state index in [1.807, 2.05) is 18.2 Å². The average Bonchev–Trinajstić information content (AvgIpc) is 2.47. The van der Waals surface area contributed by atoms with Gasteiger partial charge in [0.1, 0.15) is 5.65 Å². The van der Waals surface area contributed by atoms with E-state index in [1.54, 1.807) is 16.7 Å². The maximum atomic E-state index is 12.0. The van der Waals surface area contributed by atoms with Crippen LogP contribution in [0.4, 0.5) is 0 Å². The molecule has 1 saturated heterocycles. The largest absolute Gasteiger partial charge is 0.311 e. The Morgan fingerprint density at radius 2 is 2.33 bits per heavy atom. The summed E-state index contributed by atoms with van der Waals surface area (Å²) >= 11 is 0. The highest BCUT2D eigenvalue weighted by molar-refractivity contribution is 5.37. The second kappa shape index (κ2) is 6.37. The van der Waals surface area contributed by atoms with Crippen LogP contribution in [0.5, 0.6) is 0 Å². The third kappa shape index (κ3) is 3.49. The van der Waals surface area contributed by atoms with E-state index in [-0.39, 0.29) is 5.56 Å². The van der Waals surface area contributed by atoms with Crippen molar-refractivity contribution in [3.8, 4) is 0 Å². The molecule has 0 amide bonds. The molecule has 0 aliphatic carbocycles. The third-order valence-corrected chi connectivity index (χ3v) is 4.09. The third-order valence-electron chi connectivity index (χ3n) is 4.09. The molecular formula is C16H22N4O. The summed E-state index contributed by atoms with van der Waals surface area (Å²) in [6.07, 6.45) is 4.31. The number of nitrogens with zero attached hydrogens (tertiary/aromatic N) is 3. The van der Waals surface area contributed by atoms with Gasteiger partial charge in [-0.05, 0) is 51.0 Å². The molecule has 0 bridgehead atoms. The molecular weight excluding hydrogens is 264 g/mol. The molecule has 1 atom stereocenters. The lowest BCUT2D eigenvalue weighted by atomic mass is 9.98. The molecule has 5 heteroatoms. The Labute approximate surface area is 124 Å². The van der Waals surface area contributed by atoms with Gasteiger partial charge in [-0.3, -0.25) is 9.20 Å². The number of likely N-dealkylation sites (tertiary alicyclic amines) is 1. The van der Waals surface area contributed by atoms with Crippen molar-refractivity contribution in [1.82, 2.24) is 19.6 Å². The van der Waals surface area contributed by atoms with Gasteiger partial charge < -0.3 is 10.2 Å². The van der Waals surface area contributed by atoms with Crippen molar-refractivity contribution in [2.75, 3.05) is 26.7 Å². The van der Waals surface area contributed by atoms with E-state index in [0.29, 0.717) is 18.1 Å². The van der Waals surface area contributed by atoms with Gasteiger partial charge in [0.25, 0.3) is 5.56 Å². The molecule has 2 aromatic rings. The fraction of sp³-hybridized carbons (Fsp3) is 0.500. The topological polar surface area (TPSA) is 49.6 Å². The van der Waals surface area contributed by atoms with Crippen LogP contribution in [-0.2, 0) is 6.54 Å². The molecule has 3 rings (SSSR count). The molecule has 1 fully saturated rings. The van der Waals surface area contributed by atoms with Crippen molar-refractivity contribution in [2.24, 2.45) is 5.92 Å². The number of rotatable bonds is 4. The van der Waals surface area contributed by atoms with Gasteiger partial charge in [-0.1, -0.05) is 6.07 Å². The van der Waals surface area contributed by atoms with Gasteiger partial charge in [-0.15, -0.1) is 0 Å². The summed E-state index contributed by atoms with van der Waals surface area (Å²) in [4.78, 5) is 18.9. The van der Waals surface area contributed by atoms with Crippen LogP contribution >= 0.6 is 0 Å². The number of fused-ring (bicyclic) bond motifs is 1. The molecule has 0 radical (unpaired) electrons. The number of hydrogen-bond donors (Lipinski definition) is 1. The molecule has 1 aliphatic heterocycles. The molecule has 0 aromatic carbocycles. The average molecular weight is 286 g/mol. The lowest BCUT2D eigenvalue weighted by Gasteiger charge is -2.29. The summed E-state index contributed by atoms with van der Waals surface area (Å²) < 4.78 is 1.57. The first-order valence-electron chi connectivity index (χ1n) is 7.59. The van der Waals surface area contributed by atoms with Crippen molar-refractivity contribution < 1.29 is 0 Å². The SMILES string of the molecule is CN1CCCC(CNCc2cc(=O)n3ccccc3n2)C1. The number of nitrogens with one attached hydrogen (secondary N) is 1. The number of pyridine rings is 1. The minimum atomic E-state index is -0.0187. The van der Waals surface area contributed by atoms with Crippen molar-refractivity contribution in [2.45, 2.75) is 19.4 Å². The van der Waals surface area contributed by atoms with Crippen LogP contribution in [0.2, 0.25) is 0 Å². The minimum Gasteiger partial charge on any atom is -0.311 e. The Bertz CT molecular complexity index is 667. The molecule has 3 heterocycles. The zero-order valence-electron chi connectivity index (χ0n) is 12.5. The van der Waals surface area contributed by atoms with Crippen LogP contribution in [0.1, 0.15) is 18.5 Å². The van der Waals surface area contributed by atoms with Gasteiger partial charge in [-0.2, -0.15) is 0 Å². The number of aromatic nitrogens is 2. The highest BCUT2D eigenvalue weighted by atomic mass is 16.1. The van der Waals surface area contributed by atoms with Gasteiger partial charge in [0.05, 0.1) is 5.69 Å². The summed E-state index contributed by atoms with van der Waals surface area (Å²) in [6.45, 7) is 4.00. The van der Waals surface area contributed by atoms with Crippen LogP contribution in [0.15, 0.2) is 35.3 Å². The van der Waals surface area contributed by atoms with Crippen LogP contribution in [0.3, 0.4) is 0 Å². The molecule has 0 spiro atoms. The quantitative estimate of drug-likeness (QED) is 0.915. The maximum absolute atomic E-state index is 12.0. The second-order valence-electron chi connectivity index (χ2n) is 5.92. The lowest BCUT2D eigenvalue weighted by Crippen LogP contribution is -2.37. The van der Waals surface area contributed by atoms with Gasteiger partial charge in [0.2, 0.25) is 0 Å². The first-order chi connectivity index (χ1) is 10.2. The van der Waals surface area contributed by atoms with Gasteiger partial charge in [0.15, 0.2) is 0 Å². The monoisotopic (exact) mass is 286 g/mol. The predicted octanol–water partition coefficient (Wildman–Crippen LogP) is 1.13. The smallest absolute Gasteiger partial charge is 0.258 e. The van der Waals surface area contributed by atoms with E-state index in [4.69, 9.17) is 0 Å². The molecule has 0 saturated carbocycles. The zero-order chi connectivity index (χ0) is 14.7. The summed E-state index contributed by atoms with van der Waals surface area (Å²) in [7, 11) is 2.18. The van der Waals surface area contributed by atoms with E-state index in [9.17, 15) is 4.79 Å². The molecule has 112 valence electrons. The van der Waals surface area contributed by atoms with Crippen LogP contribution in [-0.4, -0.2) is 41.0 Å². The van der Waals surface area contributed by atoms with Gasteiger partial charge in [0, 0.05) is 25.4 Å². The summed E-state index contributed by atoms with van der Waals surface area (Å²) in [5, 5.41) is 3.45. The van der Waals surface area contributed by atoms with Gasteiger partial charge in [-0.25, -0.2) is 4.98 Å². The van der Waals surface area contributed by atoms with E-state index >= 15 is 0 Å². The normalized spacial score (nSPS) is 20.0. The van der Waals surface area contributed by atoms with Gasteiger partial charge >= 0.3 is 0 Å². The molecule has 2 aromatic heterocycles. The first kappa shape index (κ1) is 14.2. The summed E-state index contributed by atoms with van der Waals surface area (Å²) in [5.41, 5.74) is 1.50.